The van der Waals surface area contributed by atoms with Gasteiger partial charge in [-0.25, -0.2) is 4.98 Å². The van der Waals surface area contributed by atoms with Crippen molar-refractivity contribution >= 4 is 22.8 Å². The predicted octanol–water partition coefficient (Wildman–Crippen LogP) is 3.37. The number of carbonyl (C=O) groups is 2. The summed E-state index contributed by atoms with van der Waals surface area (Å²) in [4.78, 5) is 34.3. The second-order valence-electron chi connectivity index (χ2n) is 8.21. The van der Waals surface area contributed by atoms with Crippen molar-refractivity contribution in [3.63, 3.8) is 0 Å². The number of piperidine rings is 1. The number of amides is 2. The van der Waals surface area contributed by atoms with Gasteiger partial charge in [0.25, 0.3) is 0 Å². The molecule has 2 amide bonds. The number of fused-ring (bicyclic) bond motifs is 1. The van der Waals surface area contributed by atoms with Crippen LogP contribution in [0.5, 0.6) is 0 Å². The topological polar surface area (TPSA) is 58.4 Å². The molecule has 2 aliphatic heterocycles. The fraction of sp³-hybridized carbons (Fsp3) is 0.591. The Morgan fingerprint density at radius 1 is 1.07 bits per heavy atom. The third kappa shape index (κ3) is 3.52. The second kappa shape index (κ2) is 7.94. The fourth-order valence-electron chi connectivity index (χ4n) is 4.54. The first-order valence-electron chi connectivity index (χ1n) is 10.6. The SMILES string of the molecule is CCC(=O)N1CCCC1c1nc2ccccc2n1CC(=O)N1CCC(C)CC1. The van der Waals surface area contributed by atoms with Crippen LogP contribution in [0.25, 0.3) is 11.0 Å². The average molecular weight is 383 g/mol. The van der Waals surface area contributed by atoms with Gasteiger partial charge in [-0.15, -0.1) is 0 Å². The van der Waals surface area contributed by atoms with Gasteiger partial charge in [0.15, 0.2) is 0 Å². The van der Waals surface area contributed by atoms with Crippen molar-refractivity contribution in [2.45, 2.75) is 58.5 Å². The molecular formula is C22H30N4O2. The van der Waals surface area contributed by atoms with Gasteiger partial charge < -0.3 is 14.4 Å². The molecule has 1 atom stereocenters. The molecule has 4 rings (SSSR count). The standard InChI is InChI=1S/C22H30N4O2/c1-3-20(27)25-12-6-9-19(25)22-23-17-7-4-5-8-18(17)26(22)15-21(28)24-13-10-16(2)11-14-24/h4-5,7-8,16,19H,3,6,9-15H2,1-2H3. The van der Waals surface area contributed by atoms with Crippen LogP contribution >= 0.6 is 0 Å². The number of hydrogen-bond acceptors (Lipinski definition) is 3. The van der Waals surface area contributed by atoms with Gasteiger partial charge in [0.2, 0.25) is 11.8 Å². The van der Waals surface area contributed by atoms with E-state index in [1.54, 1.807) is 0 Å². The van der Waals surface area contributed by atoms with Gasteiger partial charge >= 0.3 is 0 Å². The van der Waals surface area contributed by atoms with Crippen LogP contribution in [0, 0.1) is 5.92 Å². The zero-order valence-electron chi connectivity index (χ0n) is 16.9. The van der Waals surface area contributed by atoms with Crippen LogP contribution in [0.3, 0.4) is 0 Å². The molecule has 2 saturated heterocycles. The lowest BCUT2D eigenvalue weighted by atomic mass is 9.99. The van der Waals surface area contributed by atoms with Crippen LogP contribution in [-0.4, -0.2) is 50.8 Å². The zero-order valence-corrected chi connectivity index (χ0v) is 16.9. The maximum Gasteiger partial charge on any atom is 0.242 e. The maximum atomic E-state index is 13.1. The highest BCUT2D eigenvalue weighted by Gasteiger charge is 2.33. The highest BCUT2D eigenvalue weighted by Crippen LogP contribution is 2.34. The molecule has 0 radical (unpaired) electrons. The Labute approximate surface area is 166 Å². The van der Waals surface area contributed by atoms with Gasteiger partial charge in [-0.1, -0.05) is 26.0 Å². The van der Waals surface area contributed by atoms with Crippen molar-refractivity contribution in [3.05, 3.63) is 30.1 Å². The van der Waals surface area contributed by atoms with E-state index in [0.29, 0.717) is 18.9 Å². The Morgan fingerprint density at radius 2 is 1.82 bits per heavy atom. The van der Waals surface area contributed by atoms with E-state index in [-0.39, 0.29) is 17.9 Å². The first-order chi connectivity index (χ1) is 13.6. The van der Waals surface area contributed by atoms with Gasteiger partial charge in [0, 0.05) is 26.1 Å². The van der Waals surface area contributed by atoms with Gasteiger partial charge in [0.1, 0.15) is 12.4 Å². The number of nitrogens with zero attached hydrogens (tertiary/aromatic N) is 4. The molecule has 6 nitrogen and oxygen atoms in total. The Kier molecular flexibility index (Phi) is 5.38. The van der Waals surface area contributed by atoms with Crippen LogP contribution in [0.2, 0.25) is 0 Å². The Hall–Kier alpha value is -2.37. The lowest BCUT2D eigenvalue weighted by Gasteiger charge is -2.31. The lowest BCUT2D eigenvalue weighted by Crippen LogP contribution is -2.40. The van der Waals surface area contributed by atoms with Crippen molar-refractivity contribution < 1.29 is 9.59 Å². The Balaban J connectivity index is 1.66. The summed E-state index contributed by atoms with van der Waals surface area (Å²) in [6, 6.07) is 7.94. The molecule has 0 spiro atoms. The number of likely N-dealkylation sites (tertiary alicyclic amines) is 2. The van der Waals surface area contributed by atoms with Crippen LogP contribution in [-0.2, 0) is 16.1 Å². The van der Waals surface area contributed by atoms with Crippen LogP contribution in [0.1, 0.15) is 57.8 Å². The molecule has 0 saturated carbocycles. The van der Waals surface area contributed by atoms with Crippen molar-refractivity contribution in [2.24, 2.45) is 5.92 Å². The molecule has 3 heterocycles. The Morgan fingerprint density at radius 3 is 2.57 bits per heavy atom. The molecule has 1 aromatic heterocycles. The molecule has 150 valence electrons. The highest BCUT2D eigenvalue weighted by molar-refractivity contribution is 5.82. The number of carbonyl (C=O) groups excluding carboxylic acids is 2. The third-order valence-electron chi connectivity index (χ3n) is 6.29. The van der Waals surface area contributed by atoms with E-state index >= 15 is 0 Å². The van der Waals surface area contributed by atoms with E-state index in [0.717, 1.165) is 62.2 Å². The van der Waals surface area contributed by atoms with Gasteiger partial charge in [-0.2, -0.15) is 0 Å². The summed E-state index contributed by atoms with van der Waals surface area (Å²) >= 11 is 0. The first kappa shape index (κ1) is 19.0. The minimum atomic E-state index is -0.0333. The molecule has 28 heavy (non-hydrogen) atoms. The quantitative estimate of drug-likeness (QED) is 0.815. The van der Waals surface area contributed by atoms with Gasteiger partial charge in [-0.3, -0.25) is 9.59 Å². The normalized spacial score (nSPS) is 20.9. The molecular weight excluding hydrogens is 352 g/mol. The van der Waals surface area contributed by atoms with Crippen LogP contribution in [0.15, 0.2) is 24.3 Å². The minimum Gasteiger partial charge on any atom is -0.341 e. The predicted molar refractivity (Wildman–Crippen MR) is 109 cm³/mol. The second-order valence-corrected chi connectivity index (χ2v) is 8.21. The maximum absolute atomic E-state index is 13.1. The fourth-order valence-corrected chi connectivity index (χ4v) is 4.54. The number of para-hydroxylation sites is 2. The van der Waals surface area contributed by atoms with Crippen molar-refractivity contribution in [1.82, 2.24) is 19.4 Å². The van der Waals surface area contributed by atoms with E-state index in [4.69, 9.17) is 4.98 Å². The molecule has 1 aromatic carbocycles. The summed E-state index contributed by atoms with van der Waals surface area (Å²) in [7, 11) is 0. The molecule has 0 aliphatic carbocycles. The van der Waals surface area contributed by atoms with E-state index in [1.165, 1.54) is 0 Å². The van der Waals surface area contributed by atoms with E-state index in [9.17, 15) is 9.59 Å². The lowest BCUT2D eigenvalue weighted by molar-refractivity contribution is -0.133. The smallest absolute Gasteiger partial charge is 0.242 e. The number of hydrogen-bond donors (Lipinski definition) is 0. The Bertz CT molecular complexity index is 867. The molecule has 2 aromatic rings. The average Bonchev–Trinajstić information content (AvgIpc) is 3.33. The highest BCUT2D eigenvalue weighted by atomic mass is 16.2. The first-order valence-corrected chi connectivity index (χ1v) is 10.6. The van der Waals surface area contributed by atoms with E-state index < -0.39 is 0 Å². The summed E-state index contributed by atoms with van der Waals surface area (Å²) in [5.41, 5.74) is 1.88. The molecule has 0 N–H and O–H groups in total. The zero-order chi connectivity index (χ0) is 19.7. The van der Waals surface area contributed by atoms with Crippen LogP contribution in [0.4, 0.5) is 0 Å². The molecule has 6 heteroatoms. The molecule has 2 fully saturated rings. The van der Waals surface area contributed by atoms with Crippen molar-refractivity contribution in [2.75, 3.05) is 19.6 Å². The number of rotatable bonds is 4. The summed E-state index contributed by atoms with van der Waals surface area (Å²) in [5, 5.41) is 0. The molecule has 1 unspecified atom stereocenters. The molecule has 2 aliphatic rings. The van der Waals surface area contributed by atoms with Crippen LogP contribution < -0.4 is 0 Å². The summed E-state index contributed by atoms with van der Waals surface area (Å²) in [5.74, 6) is 1.88. The largest absolute Gasteiger partial charge is 0.341 e. The minimum absolute atomic E-state index is 0.0333. The monoisotopic (exact) mass is 382 g/mol. The summed E-state index contributed by atoms with van der Waals surface area (Å²) in [6.07, 6.45) is 4.54. The number of aromatic nitrogens is 2. The third-order valence-corrected chi connectivity index (χ3v) is 6.29. The van der Waals surface area contributed by atoms with Gasteiger partial charge in [0.05, 0.1) is 17.1 Å². The van der Waals surface area contributed by atoms with Crippen molar-refractivity contribution in [1.29, 1.82) is 0 Å². The van der Waals surface area contributed by atoms with Crippen molar-refractivity contribution in [3.8, 4) is 0 Å². The van der Waals surface area contributed by atoms with E-state index in [1.807, 2.05) is 41.0 Å². The molecule has 0 bridgehead atoms. The number of benzene rings is 1. The summed E-state index contributed by atoms with van der Waals surface area (Å²) < 4.78 is 2.06. The van der Waals surface area contributed by atoms with Gasteiger partial charge in [-0.05, 0) is 43.7 Å². The number of imidazole rings is 1. The van der Waals surface area contributed by atoms with E-state index in [2.05, 4.69) is 11.5 Å². The summed E-state index contributed by atoms with van der Waals surface area (Å²) in [6.45, 7) is 6.91.